The van der Waals surface area contributed by atoms with Crippen molar-refractivity contribution in [3.8, 4) is 16.3 Å². The number of nitrogens with zero attached hydrogens (tertiary/aromatic N) is 1. The molecule has 3 N–H and O–H groups in total. The van der Waals surface area contributed by atoms with Crippen molar-refractivity contribution >= 4 is 41.1 Å². The van der Waals surface area contributed by atoms with E-state index < -0.39 is 0 Å². The molecule has 4 aromatic rings. The molecule has 0 aliphatic carbocycles. The standard InChI is InChI=1S/C14H11NOS.C11H10N2O2S/c1-9-6-7-13-11(8-9)15-14(16)10-4-2-3-5-12(10)17-13;14-7-12-5-10-6-13-11(16-10)8-1-3-9(15)4-2-8/h2-8H,1H3,(H,15,16);1-4,6-7,15H,5H2,(H,12,14). The van der Waals surface area contributed by atoms with Crippen molar-refractivity contribution < 1.29 is 14.7 Å². The van der Waals surface area contributed by atoms with Crippen molar-refractivity contribution in [1.29, 1.82) is 0 Å². The Balaban J connectivity index is 0.000000157. The highest BCUT2D eigenvalue weighted by Crippen LogP contribution is 2.38. The van der Waals surface area contributed by atoms with Gasteiger partial charge in [0.25, 0.3) is 5.91 Å². The molecule has 1 aromatic heterocycles. The van der Waals surface area contributed by atoms with Crippen molar-refractivity contribution in [3.63, 3.8) is 0 Å². The van der Waals surface area contributed by atoms with Gasteiger partial charge in [-0.1, -0.05) is 30.0 Å². The number of phenolic OH excluding ortho intramolecular Hbond substituents is 1. The highest BCUT2D eigenvalue weighted by Gasteiger charge is 2.19. The number of anilines is 1. The lowest BCUT2D eigenvalue weighted by atomic mass is 10.2. The third kappa shape index (κ3) is 5.60. The molecule has 0 bridgehead atoms. The van der Waals surface area contributed by atoms with Crippen molar-refractivity contribution in [2.45, 2.75) is 23.3 Å². The molecule has 0 atom stereocenters. The zero-order valence-electron chi connectivity index (χ0n) is 17.7. The lowest BCUT2D eigenvalue weighted by molar-refractivity contribution is -0.109. The number of carbonyl (C=O) groups is 2. The Kier molecular flexibility index (Phi) is 7.07. The molecule has 0 saturated heterocycles. The van der Waals surface area contributed by atoms with E-state index in [4.69, 9.17) is 5.11 Å². The van der Waals surface area contributed by atoms with Crippen LogP contribution in [0.25, 0.3) is 10.6 Å². The Morgan fingerprint density at radius 3 is 2.64 bits per heavy atom. The number of phenols is 1. The van der Waals surface area contributed by atoms with Gasteiger partial charge in [-0.3, -0.25) is 9.59 Å². The molecule has 33 heavy (non-hydrogen) atoms. The van der Waals surface area contributed by atoms with Gasteiger partial charge in [0.2, 0.25) is 6.41 Å². The van der Waals surface area contributed by atoms with E-state index in [2.05, 4.69) is 27.8 Å². The molecule has 3 aromatic carbocycles. The fraction of sp³-hybridized carbons (Fsp3) is 0.0800. The van der Waals surface area contributed by atoms with Crippen LogP contribution in [0.3, 0.4) is 0 Å². The van der Waals surface area contributed by atoms with Gasteiger partial charge < -0.3 is 15.7 Å². The number of aromatic nitrogens is 1. The van der Waals surface area contributed by atoms with Crippen molar-refractivity contribution in [2.75, 3.05) is 5.32 Å². The first kappa shape index (κ1) is 22.6. The number of carbonyl (C=O) groups excluding carboxylic acids is 2. The first-order chi connectivity index (χ1) is 16.0. The summed E-state index contributed by atoms with van der Waals surface area (Å²) in [5.41, 5.74) is 3.75. The average Bonchev–Trinajstić information content (AvgIpc) is 3.24. The molecule has 2 amide bonds. The quantitative estimate of drug-likeness (QED) is 0.340. The van der Waals surface area contributed by atoms with Crippen LogP contribution in [0.2, 0.25) is 0 Å². The minimum atomic E-state index is -0.0301. The van der Waals surface area contributed by atoms with E-state index in [0.717, 1.165) is 42.1 Å². The van der Waals surface area contributed by atoms with Crippen LogP contribution < -0.4 is 10.6 Å². The molecule has 6 nitrogen and oxygen atoms in total. The summed E-state index contributed by atoms with van der Waals surface area (Å²) < 4.78 is 0. The first-order valence-corrected chi connectivity index (χ1v) is 11.8. The maximum absolute atomic E-state index is 12.1. The van der Waals surface area contributed by atoms with E-state index in [9.17, 15) is 9.59 Å². The van der Waals surface area contributed by atoms with Gasteiger partial charge in [0, 0.05) is 26.4 Å². The summed E-state index contributed by atoms with van der Waals surface area (Å²) in [7, 11) is 0. The molecule has 5 rings (SSSR count). The molecular formula is C25H21N3O3S2. The van der Waals surface area contributed by atoms with Gasteiger partial charge >= 0.3 is 0 Å². The molecule has 0 spiro atoms. The summed E-state index contributed by atoms with van der Waals surface area (Å²) in [6, 6.07) is 20.7. The van der Waals surface area contributed by atoms with E-state index in [0.29, 0.717) is 13.0 Å². The van der Waals surface area contributed by atoms with E-state index in [-0.39, 0.29) is 11.7 Å². The second kappa shape index (κ2) is 10.3. The van der Waals surface area contributed by atoms with E-state index in [1.165, 1.54) is 11.3 Å². The molecule has 0 radical (unpaired) electrons. The largest absolute Gasteiger partial charge is 0.508 e. The Labute approximate surface area is 199 Å². The number of amides is 2. The summed E-state index contributed by atoms with van der Waals surface area (Å²) >= 11 is 3.15. The third-order valence-corrected chi connectivity index (χ3v) is 6.96. The monoisotopic (exact) mass is 475 g/mol. The fourth-order valence-corrected chi connectivity index (χ4v) is 5.03. The Hall–Kier alpha value is -3.62. The number of hydrogen-bond acceptors (Lipinski definition) is 6. The number of thiazole rings is 1. The molecule has 8 heteroatoms. The fourth-order valence-electron chi connectivity index (χ4n) is 3.15. The smallest absolute Gasteiger partial charge is 0.256 e. The van der Waals surface area contributed by atoms with Crippen molar-refractivity contribution in [3.05, 3.63) is 88.9 Å². The topological polar surface area (TPSA) is 91.3 Å². The van der Waals surface area contributed by atoms with Crippen LogP contribution in [0.4, 0.5) is 5.69 Å². The summed E-state index contributed by atoms with van der Waals surface area (Å²) in [6.07, 6.45) is 2.41. The molecule has 0 fully saturated rings. The molecule has 166 valence electrons. The van der Waals surface area contributed by atoms with E-state index >= 15 is 0 Å². The van der Waals surface area contributed by atoms with Crippen LogP contribution in [0.5, 0.6) is 5.75 Å². The van der Waals surface area contributed by atoms with Gasteiger partial charge in [-0.05, 0) is 61.0 Å². The second-order valence-electron chi connectivity index (χ2n) is 7.23. The molecule has 0 unspecified atom stereocenters. The normalized spacial score (nSPS) is 11.7. The molecule has 1 aliphatic rings. The minimum Gasteiger partial charge on any atom is -0.508 e. The molecule has 0 saturated carbocycles. The zero-order valence-corrected chi connectivity index (χ0v) is 19.4. The zero-order chi connectivity index (χ0) is 23.2. The summed E-state index contributed by atoms with van der Waals surface area (Å²) in [5, 5.41) is 15.6. The second-order valence-corrected chi connectivity index (χ2v) is 9.43. The summed E-state index contributed by atoms with van der Waals surface area (Å²) in [6.45, 7) is 2.52. The van der Waals surface area contributed by atoms with Crippen LogP contribution in [0, 0.1) is 6.92 Å². The van der Waals surface area contributed by atoms with Gasteiger partial charge in [-0.25, -0.2) is 4.98 Å². The Morgan fingerprint density at radius 1 is 1.06 bits per heavy atom. The van der Waals surface area contributed by atoms with Gasteiger partial charge in [-0.15, -0.1) is 11.3 Å². The van der Waals surface area contributed by atoms with Crippen molar-refractivity contribution in [1.82, 2.24) is 10.3 Å². The predicted octanol–water partition coefficient (Wildman–Crippen LogP) is 5.47. The van der Waals surface area contributed by atoms with Gasteiger partial charge in [0.05, 0.1) is 17.8 Å². The average molecular weight is 476 g/mol. The van der Waals surface area contributed by atoms with Gasteiger partial charge in [0.1, 0.15) is 10.8 Å². The molecular weight excluding hydrogens is 454 g/mol. The van der Waals surface area contributed by atoms with Crippen LogP contribution in [-0.4, -0.2) is 22.4 Å². The summed E-state index contributed by atoms with van der Waals surface area (Å²) in [4.78, 5) is 29.5. The first-order valence-electron chi connectivity index (χ1n) is 10.1. The Morgan fingerprint density at radius 2 is 1.85 bits per heavy atom. The van der Waals surface area contributed by atoms with Gasteiger partial charge in [-0.2, -0.15) is 0 Å². The van der Waals surface area contributed by atoms with Crippen LogP contribution in [-0.2, 0) is 11.3 Å². The van der Waals surface area contributed by atoms with Gasteiger partial charge in [0.15, 0.2) is 0 Å². The maximum atomic E-state index is 12.1. The number of nitrogens with one attached hydrogen (secondary N) is 2. The van der Waals surface area contributed by atoms with Crippen LogP contribution in [0.1, 0.15) is 20.8 Å². The lowest BCUT2D eigenvalue weighted by Crippen LogP contribution is -2.11. The number of hydrogen-bond donors (Lipinski definition) is 3. The number of benzene rings is 3. The number of fused-ring (bicyclic) bond motifs is 2. The maximum Gasteiger partial charge on any atom is 0.256 e. The number of aromatic hydroxyl groups is 1. The van der Waals surface area contributed by atoms with Crippen LogP contribution in [0.15, 0.2) is 82.7 Å². The minimum absolute atomic E-state index is 0.0301. The molecule has 1 aliphatic heterocycles. The van der Waals surface area contributed by atoms with Crippen molar-refractivity contribution in [2.24, 2.45) is 0 Å². The SMILES string of the molecule is Cc1ccc2c(c1)NC(=O)c1ccccc1S2.O=CNCc1cnc(-c2ccc(O)cc2)s1. The summed E-state index contributed by atoms with van der Waals surface area (Å²) in [5.74, 6) is 0.209. The van der Waals surface area contributed by atoms with Crippen LogP contribution >= 0.6 is 23.1 Å². The third-order valence-electron chi connectivity index (χ3n) is 4.76. The highest BCUT2D eigenvalue weighted by molar-refractivity contribution is 7.99. The lowest BCUT2D eigenvalue weighted by Gasteiger charge is -2.06. The predicted molar refractivity (Wildman–Crippen MR) is 132 cm³/mol. The molecule has 2 heterocycles. The van der Waals surface area contributed by atoms with E-state index in [1.54, 1.807) is 30.1 Å². The number of aryl methyl sites for hydroxylation is 1. The number of rotatable bonds is 4. The highest BCUT2D eigenvalue weighted by atomic mass is 32.2. The Bertz CT molecular complexity index is 1290. The van der Waals surface area contributed by atoms with E-state index in [1.807, 2.05) is 49.4 Å².